The van der Waals surface area contributed by atoms with Gasteiger partial charge in [0.25, 0.3) is 0 Å². The van der Waals surface area contributed by atoms with Crippen molar-refractivity contribution in [3.63, 3.8) is 0 Å². The van der Waals surface area contributed by atoms with Crippen LogP contribution in [0.4, 0.5) is 0 Å². The molecule has 0 N–H and O–H groups in total. The van der Waals surface area contributed by atoms with E-state index in [2.05, 4.69) is 83.9 Å². The highest BCUT2D eigenvalue weighted by atomic mass is 15.2. The highest BCUT2D eigenvalue weighted by Crippen LogP contribution is 2.49. The number of nitrogens with zero attached hydrogens (tertiary/aromatic N) is 2. The Kier molecular flexibility index (Phi) is 6.32. The van der Waals surface area contributed by atoms with Gasteiger partial charge in [0.05, 0.1) is 23.5 Å². The van der Waals surface area contributed by atoms with Crippen molar-refractivity contribution in [2.45, 2.75) is 74.8 Å². The Hall–Kier alpha value is -2.61. The SMILES string of the molecule is C=C1C(CC)=C([C@@](C)(CC)C(=C)C)C=C2c3nc4cc(C)cc(C)c4cc3CN12.CC. The van der Waals surface area contributed by atoms with Crippen molar-refractivity contribution >= 4 is 16.6 Å². The first-order valence-corrected chi connectivity index (χ1v) is 11.7. The summed E-state index contributed by atoms with van der Waals surface area (Å²) in [7, 11) is 0. The van der Waals surface area contributed by atoms with Crippen LogP contribution < -0.4 is 0 Å². The molecule has 0 saturated carbocycles. The zero-order valence-corrected chi connectivity index (χ0v) is 20.7. The van der Waals surface area contributed by atoms with Crippen LogP contribution in [-0.4, -0.2) is 9.88 Å². The Balaban J connectivity index is 0.00000132. The van der Waals surface area contributed by atoms with Crippen LogP contribution in [0.3, 0.4) is 0 Å². The molecule has 2 nitrogen and oxygen atoms in total. The Bertz CT molecular complexity index is 1130. The lowest BCUT2D eigenvalue weighted by molar-refractivity contribution is 0.447. The molecule has 2 heteroatoms. The fraction of sp³-hybridized carbons (Fsp3) is 0.414. The second-order valence-corrected chi connectivity index (χ2v) is 8.92. The first-order valence-electron chi connectivity index (χ1n) is 11.7. The minimum absolute atomic E-state index is 0.0554. The molecule has 4 rings (SSSR count). The second-order valence-electron chi connectivity index (χ2n) is 8.92. The van der Waals surface area contributed by atoms with Gasteiger partial charge in [-0.05, 0) is 74.1 Å². The number of aromatic nitrogens is 1. The molecule has 31 heavy (non-hydrogen) atoms. The van der Waals surface area contributed by atoms with E-state index in [4.69, 9.17) is 4.98 Å². The lowest BCUT2D eigenvalue weighted by atomic mass is 9.70. The molecule has 1 aromatic heterocycles. The molecule has 2 aliphatic rings. The summed E-state index contributed by atoms with van der Waals surface area (Å²) in [5.41, 5.74) is 12.2. The van der Waals surface area contributed by atoms with E-state index in [0.717, 1.165) is 36.3 Å². The summed E-state index contributed by atoms with van der Waals surface area (Å²) in [4.78, 5) is 7.49. The molecule has 3 heterocycles. The third-order valence-electron chi connectivity index (χ3n) is 7.10. The Labute approximate surface area is 189 Å². The fourth-order valence-electron chi connectivity index (χ4n) is 4.94. The van der Waals surface area contributed by atoms with Crippen LogP contribution >= 0.6 is 0 Å². The number of hydrogen-bond acceptors (Lipinski definition) is 2. The van der Waals surface area contributed by atoms with Crippen molar-refractivity contribution in [2.24, 2.45) is 5.41 Å². The first kappa shape index (κ1) is 23.1. The van der Waals surface area contributed by atoms with Gasteiger partial charge in [-0.15, -0.1) is 0 Å². The minimum Gasteiger partial charge on any atom is -0.335 e. The molecule has 0 radical (unpaired) electrons. The zero-order chi connectivity index (χ0) is 23.1. The van der Waals surface area contributed by atoms with Crippen molar-refractivity contribution in [1.82, 2.24) is 9.88 Å². The van der Waals surface area contributed by atoms with E-state index in [9.17, 15) is 0 Å². The Morgan fingerprint density at radius 1 is 1.16 bits per heavy atom. The number of allylic oxidation sites excluding steroid dienone is 4. The maximum atomic E-state index is 5.14. The molecule has 2 aliphatic heterocycles. The summed E-state index contributed by atoms with van der Waals surface area (Å²) in [6.45, 7) is 27.0. The first-order chi connectivity index (χ1) is 14.7. The molecule has 1 aromatic carbocycles. The van der Waals surface area contributed by atoms with Crippen molar-refractivity contribution in [3.8, 4) is 0 Å². The number of aryl methyl sites for hydroxylation is 2. The summed E-state index contributed by atoms with van der Waals surface area (Å²) < 4.78 is 0. The van der Waals surface area contributed by atoms with E-state index in [-0.39, 0.29) is 5.41 Å². The van der Waals surface area contributed by atoms with Crippen LogP contribution in [0.5, 0.6) is 0 Å². The van der Waals surface area contributed by atoms with E-state index in [1.165, 1.54) is 44.5 Å². The highest BCUT2D eigenvalue weighted by molar-refractivity contribution is 5.88. The third kappa shape index (κ3) is 3.56. The Morgan fingerprint density at radius 2 is 1.84 bits per heavy atom. The average Bonchev–Trinajstić information content (AvgIpc) is 3.11. The number of hydrogen-bond donors (Lipinski definition) is 0. The van der Waals surface area contributed by atoms with Gasteiger partial charge in [0.2, 0.25) is 0 Å². The van der Waals surface area contributed by atoms with Gasteiger partial charge in [-0.1, -0.05) is 59.4 Å². The summed E-state index contributed by atoms with van der Waals surface area (Å²) >= 11 is 0. The van der Waals surface area contributed by atoms with Crippen LogP contribution in [0.25, 0.3) is 16.6 Å². The van der Waals surface area contributed by atoms with Crippen LogP contribution in [0.2, 0.25) is 0 Å². The van der Waals surface area contributed by atoms with Gasteiger partial charge in [-0.3, -0.25) is 0 Å². The molecule has 164 valence electrons. The van der Waals surface area contributed by atoms with Crippen molar-refractivity contribution in [2.75, 3.05) is 0 Å². The average molecular weight is 415 g/mol. The van der Waals surface area contributed by atoms with Gasteiger partial charge in [-0.25, -0.2) is 4.98 Å². The van der Waals surface area contributed by atoms with Crippen molar-refractivity contribution in [3.05, 3.63) is 82.2 Å². The maximum Gasteiger partial charge on any atom is 0.0924 e. The standard InChI is InChI=1S/C27H32N2.C2H6/c1-9-21-19(7)29-15-20-13-22-18(6)11-17(5)12-24(22)28-26(20)25(29)14-23(21)27(8,10-2)16(3)4;1-2/h11-14H,3,7,9-10,15H2,1-2,4-6,8H3;1-2H3/t27-;/m0./s1. The summed E-state index contributed by atoms with van der Waals surface area (Å²) in [5.74, 6) is 0. The lowest BCUT2D eigenvalue weighted by Gasteiger charge is -2.38. The molecule has 1 atom stereocenters. The number of rotatable bonds is 4. The minimum atomic E-state index is -0.0554. The van der Waals surface area contributed by atoms with Gasteiger partial charge < -0.3 is 4.90 Å². The van der Waals surface area contributed by atoms with E-state index in [1.807, 2.05) is 13.8 Å². The van der Waals surface area contributed by atoms with Crippen LogP contribution in [-0.2, 0) is 6.54 Å². The van der Waals surface area contributed by atoms with Crippen LogP contribution in [0.15, 0.2) is 59.8 Å². The molecule has 0 spiro atoms. The molecular weight excluding hydrogens is 376 g/mol. The van der Waals surface area contributed by atoms with Gasteiger partial charge in [-0.2, -0.15) is 0 Å². The molecule has 0 fully saturated rings. The fourth-order valence-corrected chi connectivity index (χ4v) is 4.94. The second kappa shape index (κ2) is 8.49. The molecule has 0 unspecified atom stereocenters. The predicted octanol–water partition coefficient (Wildman–Crippen LogP) is 8.26. The molecule has 0 amide bonds. The summed E-state index contributed by atoms with van der Waals surface area (Å²) in [5, 5.41) is 1.25. The van der Waals surface area contributed by atoms with Crippen LogP contribution in [0.1, 0.15) is 76.8 Å². The predicted molar refractivity (Wildman–Crippen MR) is 136 cm³/mol. The lowest BCUT2D eigenvalue weighted by Crippen LogP contribution is -2.27. The summed E-state index contributed by atoms with van der Waals surface area (Å²) in [6, 6.07) is 6.77. The summed E-state index contributed by atoms with van der Waals surface area (Å²) in [6.07, 6.45) is 4.37. The van der Waals surface area contributed by atoms with E-state index < -0.39 is 0 Å². The topological polar surface area (TPSA) is 16.1 Å². The van der Waals surface area contributed by atoms with Gasteiger partial charge in [0.15, 0.2) is 0 Å². The van der Waals surface area contributed by atoms with E-state index in [0.29, 0.717) is 0 Å². The molecular formula is C29H38N2. The third-order valence-corrected chi connectivity index (χ3v) is 7.10. The van der Waals surface area contributed by atoms with Gasteiger partial charge in [0.1, 0.15) is 0 Å². The molecule has 2 aromatic rings. The van der Waals surface area contributed by atoms with E-state index in [1.54, 1.807) is 0 Å². The van der Waals surface area contributed by atoms with Crippen molar-refractivity contribution < 1.29 is 0 Å². The number of pyridine rings is 1. The normalized spacial score (nSPS) is 17.0. The molecule has 0 aliphatic carbocycles. The van der Waals surface area contributed by atoms with Gasteiger partial charge in [0, 0.05) is 22.1 Å². The largest absolute Gasteiger partial charge is 0.335 e. The van der Waals surface area contributed by atoms with Crippen molar-refractivity contribution in [1.29, 1.82) is 0 Å². The smallest absolute Gasteiger partial charge is 0.0924 e. The quantitative estimate of drug-likeness (QED) is 0.468. The molecule has 0 bridgehead atoms. The highest BCUT2D eigenvalue weighted by Gasteiger charge is 2.38. The number of fused-ring (bicyclic) bond motifs is 4. The van der Waals surface area contributed by atoms with Gasteiger partial charge >= 0.3 is 0 Å². The number of benzene rings is 1. The Morgan fingerprint density at radius 3 is 2.42 bits per heavy atom. The van der Waals surface area contributed by atoms with E-state index >= 15 is 0 Å². The van der Waals surface area contributed by atoms with Crippen LogP contribution in [0, 0.1) is 19.3 Å². The zero-order valence-electron chi connectivity index (χ0n) is 20.7. The monoisotopic (exact) mass is 414 g/mol. The maximum absolute atomic E-state index is 5.14. The molecule has 0 saturated heterocycles.